The van der Waals surface area contributed by atoms with Crippen LogP contribution in [-0.4, -0.2) is 30.3 Å². The molecule has 1 atom stereocenters. The molecule has 0 bridgehead atoms. The van der Waals surface area contributed by atoms with Crippen LogP contribution in [0.15, 0.2) is 12.4 Å². The fourth-order valence-corrected chi connectivity index (χ4v) is 1.70. The minimum Gasteiger partial charge on any atom is -0.378 e. The Hall–Kier alpha value is -1.00. The monoisotopic (exact) mass is 194 g/mol. The number of hydrogen-bond donors (Lipinski definition) is 0. The lowest BCUT2D eigenvalue weighted by Crippen LogP contribution is -2.30. The van der Waals surface area contributed by atoms with Gasteiger partial charge in [-0.2, -0.15) is 0 Å². The summed E-state index contributed by atoms with van der Waals surface area (Å²) in [5.41, 5.74) is 1.40. The number of hydrogen-bond acceptors (Lipinski definition) is 4. The smallest absolute Gasteiger partial charge is 0.136 e. The van der Waals surface area contributed by atoms with E-state index >= 15 is 0 Å². The Morgan fingerprint density at radius 2 is 2.36 bits per heavy atom. The van der Waals surface area contributed by atoms with Gasteiger partial charge < -0.3 is 9.47 Å². The molecule has 2 heterocycles. The van der Waals surface area contributed by atoms with E-state index in [1.54, 1.807) is 19.5 Å². The van der Waals surface area contributed by atoms with E-state index in [0.29, 0.717) is 6.61 Å². The topological polar surface area (TPSA) is 44.2 Å². The number of methoxy groups -OCH3 is 1. The number of rotatable bonds is 2. The van der Waals surface area contributed by atoms with Gasteiger partial charge in [-0.1, -0.05) is 0 Å². The summed E-state index contributed by atoms with van der Waals surface area (Å²) in [6.45, 7) is 3.22. The zero-order valence-electron chi connectivity index (χ0n) is 8.49. The molecule has 0 amide bonds. The summed E-state index contributed by atoms with van der Waals surface area (Å²) in [5.74, 6) is 0. The van der Waals surface area contributed by atoms with Crippen molar-refractivity contribution in [3.63, 3.8) is 0 Å². The molecule has 1 aromatic rings. The highest BCUT2D eigenvalue weighted by molar-refractivity contribution is 5.13. The van der Waals surface area contributed by atoms with E-state index in [4.69, 9.17) is 9.47 Å². The SMILES string of the molecule is CO[C@@]1(c2cncc(C)n2)CCOC1. The molecule has 0 radical (unpaired) electrons. The minimum atomic E-state index is -0.376. The highest BCUT2D eigenvalue weighted by Gasteiger charge is 2.38. The van der Waals surface area contributed by atoms with Crippen molar-refractivity contribution in [1.82, 2.24) is 9.97 Å². The second kappa shape index (κ2) is 3.63. The maximum Gasteiger partial charge on any atom is 0.136 e. The molecule has 0 unspecified atom stereocenters. The molecule has 4 heteroatoms. The van der Waals surface area contributed by atoms with E-state index in [1.807, 2.05) is 6.92 Å². The third-order valence-corrected chi connectivity index (χ3v) is 2.60. The van der Waals surface area contributed by atoms with Crippen LogP contribution in [0.1, 0.15) is 17.8 Å². The van der Waals surface area contributed by atoms with Gasteiger partial charge in [-0.15, -0.1) is 0 Å². The van der Waals surface area contributed by atoms with E-state index in [1.165, 1.54) is 0 Å². The zero-order valence-corrected chi connectivity index (χ0v) is 8.49. The lowest BCUT2D eigenvalue weighted by molar-refractivity contribution is -0.0249. The average molecular weight is 194 g/mol. The van der Waals surface area contributed by atoms with Crippen LogP contribution in [0, 0.1) is 6.92 Å². The summed E-state index contributed by atoms with van der Waals surface area (Å²) in [6, 6.07) is 0. The van der Waals surface area contributed by atoms with Crippen molar-refractivity contribution >= 4 is 0 Å². The summed E-state index contributed by atoms with van der Waals surface area (Å²) in [6.07, 6.45) is 4.34. The van der Waals surface area contributed by atoms with Crippen LogP contribution in [0.3, 0.4) is 0 Å². The van der Waals surface area contributed by atoms with E-state index in [0.717, 1.165) is 24.4 Å². The first-order valence-electron chi connectivity index (χ1n) is 4.69. The van der Waals surface area contributed by atoms with Gasteiger partial charge in [0.1, 0.15) is 5.60 Å². The molecule has 0 spiro atoms. The molecule has 0 aromatic carbocycles. The molecule has 0 saturated carbocycles. The molecule has 1 aromatic heterocycles. The van der Waals surface area contributed by atoms with Crippen molar-refractivity contribution < 1.29 is 9.47 Å². The predicted octanol–water partition coefficient (Wildman–Crippen LogP) is 1.05. The summed E-state index contributed by atoms with van der Waals surface area (Å²) in [4.78, 5) is 8.55. The second-order valence-electron chi connectivity index (χ2n) is 3.55. The summed E-state index contributed by atoms with van der Waals surface area (Å²) >= 11 is 0. The third-order valence-electron chi connectivity index (χ3n) is 2.60. The van der Waals surface area contributed by atoms with E-state index in [-0.39, 0.29) is 5.60 Å². The van der Waals surface area contributed by atoms with Crippen molar-refractivity contribution in [3.8, 4) is 0 Å². The number of nitrogens with zero attached hydrogens (tertiary/aromatic N) is 2. The molecule has 14 heavy (non-hydrogen) atoms. The molecule has 0 aliphatic carbocycles. The largest absolute Gasteiger partial charge is 0.378 e. The van der Waals surface area contributed by atoms with E-state index in [9.17, 15) is 0 Å². The quantitative estimate of drug-likeness (QED) is 0.705. The first-order valence-corrected chi connectivity index (χ1v) is 4.69. The summed E-state index contributed by atoms with van der Waals surface area (Å²) in [5, 5.41) is 0. The maximum atomic E-state index is 5.51. The summed E-state index contributed by atoms with van der Waals surface area (Å²) in [7, 11) is 1.69. The van der Waals surface area contributed by atoms with Crippen molar-refractivity contribution in [2.45, 2.75) is 18.9 Å². The van der Waals surface area contributed by atoms with Gasteiger partial charge in [-0.25, -0.2) is 0 Å². The highest BCUT2D eigenvalue weighted by Crippen LogP contribution is 2.32. The normalized spacial score (nSPS) is 26.7. The molecule has 1 saturated heterocycles. The molecule has 76 valence electrons. The van der Waals surface area contributed by atoms with Crippen LogP contribution in [0.25, 0.3) is 0 Å². The molecule has 1 aliphatic heterocycles. The first-order chi connectivity index (χ1) is 6.77. The number of aromatic nitrogens is 2. The van der Waals surface area contributed by atoms with Crippen LogP contribution in [0.2, 0.25) is 0 Å². The van der Waals surface area contributed by atoms with Crippen molar-refractivity contribution in [3.05, 3.63) is 23.8 Å². The number of aryl methyl sites for hydroxylation is 1. The van der Waals surface area contributed by atoms with Gasteiger partial charge in [0.25, 0.3) is 0 Å². The number of ether oxygens (including phenoxy) is 2. The molecule has 2 rings (SSSR count). The zero-order chi connectivity index (χ0) is 10.0. The van der Waals surface area contributed by atoms with Gasteiger partial charge in [0.05, 0.1) is 24.2 Å². The van der Waals surface area contributed by atoms with Crippen LogP contribution in [-0.2, 0) is 15.1 Å². The fraction of sp³-hybridized carbons (Fsp3) is 0.600. The Bertz CT molecular complexity index is 322. The minimum absolute atomic E-state index is 0.376. The van der Waals surface area contributed by atoms with Crippen molar-refractivity contribution in [2.75, 3.05) is 20.3 Å². The standard InChI is InChI=1S/C10H14N2O2/c1-8-5-11-6-9(12-8)10(13-2)3-4-14-7-10/h5-6H,3-4,7H2,1-2H3/t10-/m0/s1. The van der Waals surface area contributed by atoms with Crippen molar-refractivity contribution in [2.24, 2.45) is 0 Å². The van der Waals surface area contributed by atoms with Gasteiger partial charge >= 0.3 is 0 Å². The average Bonchev–Trinajstić information content (AvgIpc) is 2.67. The highest BCUT2D eigenvalue weighted by atomic mass is 16.5. The summed E-state index contributed by atoms with van der Waals surface area (Å²) < 4.78 is 10.9. The first kappa shape index (κ1) is 9.55. The Labute approximate surface area is 83.3 Å². The Balaban J connectivity index is 2.35. The Morgan fingerprint density at radius 1 is 1.50 bits per heavy atom. The van der Waals surface area contributed by atoms with Gasteiger partial charge in [-0.05, 0) is 6.92 Å². The molecular formula is C10H14N2O2. The molecule has 4 nitrogen and oxygen atoms in total. The van der Waals surface area contributed by atoms with Crippen molar-refractivity contribution in [1.29, 1.82) is 0 Å². The lowest BCUT2D eigenvalue weighted by Gasteiger charge is -2.24. The Kier molecular flexibility index (Phi) is 2.48. The molecule has 0 N–H and O–H groups in total. The van der Waals surface area contributed by atoms with Gasteiger partial charge in [0, 0.05) is 26.3 Å². The Morgan fingerprint density at radius 3 is 2.93 bits per heavy atom. The van der Waals surface area contributed by atoms with Crippen LogP contribution >= 0.6 is 0 Å². The molecule has 1 fully saturated rings. The lowest BCUT2D eigenvalue weighted by atomic mass is 9.99. The van der Waals surface area contributed by atoms with E-state index < -0.39 is 0 Å². The molecular weight excluding hydrogens is 180 g/mol. The van der Waals surface area contributed by atoms with Gasteiger partial charge in [0.2, 0.25) is 0 Å². The van der Waals surface area contributed by atoms with Crippen LogP contribution in [0.5, 0.6) is 0 Å². The van der Waals surface area contributed by atoms with Crippen LogP contribution < -0.4 is 0 Å². The van der Waals surface area contributed by atoms with E-state index in [2.05, 4.69) is 9.97 Å². The third kappa shape index (κ3) is 1.51. The van der Waals surface area contributed by atoms with Crippen LogP contribution in [0.4, 0.5) is 0 Å². The maximum absolute atomic E-state index is 5.51. The second-order valence-corrected chi connectivity index (χ2v) is 3.55. The predicted molar refractivity (Wildman–Crippen MR) is 50.9 cm³/mol. The fourth-order valence-electron chi connectivity index (χ4n) is 1.70. The molecule has 1 aliphatic rings. The van der Waals surface area contributed by atoms with Gasteiger partial charge in [-0.3, -0.25) is 9.97 Å². The van der Waals surface area contributed by atoms with Gasteiger partial charge in [0.15, 0.2) is 0 Å².